The number of nitrogens with one attached hydrogen (secondary N) is 2. The fourth-order valence-electron chi connectivity index (χ4n) is 2.03. The Labute approximate surface area is 141 Å². The van der Waals surface area contributed by atoms with E-state index in [1.165, 1.54) is 17.4 Å². The molecule has 24 heavy (non-hydrogen) atoms. The van der Waals surface area contributed by atoms with Gasteiger partial charge in [-0.05, 0) is 12.1 Å². The molecule has 2 aromatic carbocycles. The zero-order valence-electron chi connectivity index (χ0n) is 12.4. The van der Waals surface area contributed by atoms with Crippen LogP contribution < -0.4 is 10.6 Å². The average molecular weight is 345 g/mol. The Morgan fingerprint density at radius 3 is 2.67 bits per heavy atom. The molecule has 0 aliphatic heterocycles. The summed E-state index contributed by atoms with van der Waals surface area (Å²) in [5.41, 5.74) is 1.62. The van der Waals surface area contributed by atoms with Crippen molar-refractivity contribution >= 4 is 23.1 Å². The fourth-order valence-corrected chi connectivity index (χ4v) is 2.86. The van der Waals surface area contributed by atoms with Crippen molar-refractivity contribution in [1.29, 1.82) is 0 Å². The van der Waals surface area contributed by atoms with E-state index in [4.69, 9.17) is 0 Å². The van der Waals surface area contributed by atoms with Crippen molar-refractivity contribution in [3.63, 3.8) is 0 Å². The van der Waals surface area contributed by atoms with Gasteiger partial charge in [-0.3, -0.25) is 0 Å². The van der Waals surface area contributed by atoms with Crippen molar-refractivity contribution < 1.29 is 13.6 Å². The van der Waals surface area contributed by atoms with E-state index in [-0.39, 0.29) is 12.2 Å². The molecule has 3 rings (SSSR count). The molecule has 0 aliphatic rings. The summed E-state index contributed by atoms with van der Waals surface area (Å²) in [6.45, 7) is 0.206. The number of rotatable bonds is 4. The van der Waals surface area contributed by atoms with Crippen molar-refractivity contribution in [3.05, 3.63) is 71.2 Å². The maximum atomic E-state index is 13.5. The molecule has 122 valence electrons. The van der Waals surface area contributed by atoms with Crippen LogP contribution >= 0.6 is 11.3 Å². The number of urea groups is 1. The van der Waals surface area contributed by atoms with Gasteiger partial charge in [0.15, 0.2) is 0 Å². The molecule has 0 atom stereocenters. The topological polar surface area (TPSA) is 54.0 Å². The standard InChI is InChI=1S/C17H13F2N3OS/c18-12-6-7-15(14(19)8-12)22-17(23)20-9-13-10-24-16(21-13)11-4-2-1-3-5-11/h1-8,10H,9H2,(H2,20,22,23). The van der Waals surface area contributed by atoms with E-state index in [1.54, 1.807) is 0 Å². The summed E-state index contributed by atoms with van der Waals surface area (Å²) in [6.07, 6.45) is 0. The summed E-state index contributed by atoms with van der Waals surface area (Å²) >= 11 is 1.48. The lowest BCUT2D eigenvalue weighted by Crippen LogP contribution is -2.28. The van der Waals surface area contributed by atoms with Crippen LogP contribution in [0.3, 0.4) is 0 Å². The van der Waals surface area contributed by atoms with Crippen LogP contribution in [0.1, 0.15) is 5.69 Å². The zero-order valence-corrected chi connectivity index (χ0v) is 13.2. The van der Waals surface area contributed by atoms with Gasteiger partial charge in [0.25, 0.3) is 0 Å². The normalized spacial score (nSPS) is 10.4. The first kappa shape index (κ1) is 16.1. The van der Waals surface area contributed by atoms with Gasteiger partial charge in [-0.2, -0.15) is 0 Å². The van der Waals surface area contributed by atoms with Crippen molar-refractivity contribution in [1.82, 2.24) is 10.3 Å². The molecule has 1 aromatic heterocycles. The number of hydrogen-bond donors (Lipinski definition) is 2. The first-order chi connectivity index (χ1) is 11.6. The molecule has 4 nitrogen and oxygen atoms in total. The smallest absolute Gasteiger partial charge is 0.319 e. The predicted molar refractivity (Wildman–Crippen MR) is 89.8 cm³/mol. The Morgan fingerprint density at radius 2 is 1.92 bits per heavy atom. The van der Waals surface area contributed by atoms with Crippen LogP contribution in [0.4, 0.5) is 19.3 Å². The average Bonchev–Trinajstić information content (AvgIpc) is 3.05. The van der Waals surface area contributed by atoms with Crippen LogP contribution in [0, 0.1) is 11.6 Å². The van der Waals surface area contributed by atoms with Crippen molar-refractivity contribution in [2.75, 3.05) is 5.32 Å². The first-order valence-electron chi connectivity index (χ1n) is 7.11. The minimum Gasteiger partial charge on any atom is -0.332 e. The Morgan fingerprint density at radius 1 is 1.12 bits per heavy atom. The van der Waals surface area contributed by atoms with Gasteiger partial charge in [-0.1, -0.05) is 30.3 Å². The van der Waals surface area contributed by atoms with Crippen molar-refractivity contribution in [2.24, 2.45) is 0 Å². The SMILES string of the molecule is O=C(NCc1csc(-c2ccccc2)n1)Nc1ccc(F)cc1F. The number of anilines is 1. The second-order valence-corrected chi connectivity index (χ2v) is 5.80. The van der Waals surface area contributed by atoms with Gasteiger partial charge in [-0.25, -0.2) is 18.6 Å². The second-order valence-electron chi connectivity index (χ2n) is 4.94. The Bertz CT molecular complexity index is 852. The number of thiazole rings is 1. The quantitative estimate of drug-likeness (QED) is 0.736. The lowest BCUT2D eigenvalue weighted by atomic mass is 10.2. The maximum Gasteiger partial charge on any atom is 0.319 e. The lowest BCUT2D eigenvalue weighted by molar-refractivity contribution is 0.251. The van der Waals surface area contributed by atoms with Crippen LogP contribution in [0.5, 0.6) is 0 Å². The van der Waals surface area contributed by atoms with E-state index in [0.717, 1.165) is 16.6 Å². The highest BCUT2D eigenvalue weighted by atomic mass is 32.1. The van der Waals surface area contributed by atoms with Crippen molar-refractivity contribution in [2.45, 2.75) is 6.54 Å². The van der Waals surface area contributed by atoms with Crippen molar-refractivity contribution in [3.8, 4) is 10.6 Å². The molecule has 0 aliphatic carbocycles. The minimum atomic E-state index is -0.829. The predicted octanol–water partition coefficient (Wildman–Crippen LogP) is 4.41. The number of aromatic nitrogens is 1. The molecule has 3 aromatic rings. The summed E-state index contributed by atoms with van der Waals surface area (Å²) in [6, 6.07) is 12.1. The number of amides is 2. The summed E-state index contributed by atoms with van der Waals surface area (Å²) in [7, 11) is 0. The van der Waals surface area contributed by atoms with Crippen LogP contribution in [-0.4, -0.2) is 11.0 Å². The number of nitrogens with zero attached hydrogens (tertiary/aromatic N) is 1. The number of halogens is 2. The monoisotopic (exact) mass is 345 g/mol. The third-order valence-corrected chi connectivity index (χ3v) is 4.12. The number of carbonyl (C=O) groups is 1. The van der Waals surface area contributed by atoms with Crippen LogP contribution in [0.15, 0.2) is 53.9 Å². The van der Waals surface area contributed by atoms with Gasteiger partial charge in [0, 0.05) is 17.0 Å². The largest absolute Gasteiger partial charge is 0.332 e. The van der Waals surface area contributed by atoms with Gasteiger partial charge < -0.3 is 10.6 Å². The number of carbonyl (C=O) groups excluding carboxylic acids is 1. The van der Waals surface area contributed by atoms with Crippen LogP contribution in [0.25, 0.3) is 10.6 Å². The third-order valence-electron chi connectivity index (χ3n) is 3.18. The minimum absolute atomic E-state index is 0.0860. The van der Waals surface area contributed by atoms with Gasteiger partial charge >= 0.3 is 6.03 Å². The highest BCUT2D eigenvalue weighted by Gasteiger charge is 2.09. The maximum absolute atomic E-state index is 13.5. The molecule has 2 amide bonds. The highest BCUT2D eigenvalue weighted by Crippen LogP contribution is 2.23. The highest BCUT2D eigenvalue weighted by molar-refractivity contribution is 7.13. The van der Waals surface area contributed by atoms with Crippen LogP contribution in [0.2, 0.25) is 0 Å². The van der Waals surface area contributed by atoms with Gasteiger partial charge in [-0.15, -0.1) is 11.3 Å². The Hall–Kier alpha value is -2.80. The Balaban J connectivity index is 1.58. The van der Waals surface area contributed by atoms with E-state index in [0.29, 0.717) is 11.8 Å². The van der Waals surface area contributed by atoms with Gasteiger partial charge in [0.1, 0.15) is 16.6 Å². The van der Waals surface area contributed by atoms with Gasteiger partial charge in [0.05, 0.1) is 17.9 Å². The van der Waals surface area contributed by atoms with Crippen LogP contribution in [-0.2, 0) is 6.54 Å². The summed E-state index contributed by atoms with van der Waals surface area (Å²) in [5.74, 6) is -1.53. The van der Waals surface area contributed by atoms with E-state index in [9.17, 15) is 13.6 Å². The summed E-state index contributed by atoms with van der Waals surface area (Å²) in [5, 5.41) is 7.62. The first-order valence-corrected chi connectivity index (χ1v) is 7.99. The van der Waals surface area contributed by atoms with E-state index < -0.39 is 17.7 Å². The zero-order chi connectivity index (χ0) is 16.9. The molecule has 0 saturated carbocycles. The molecule has 0 fully saturated rings. The van der Waals surface area contributed by atoms with Gasteiger partial charge in [0.2, 0.25) is 0 Å². The molecule has 7 heteroatoms. The molecule has 0 radical (unpaired) electrons. The number of hydrogen-bond acceptors (Lipinski definition) is 3. The summed E-state index contributed by atoms with van der Waals surface area (Å²) in [4.78, 5) is 16.2. The van der Waals surface area contributed by atoms with E-state index in [2.05, 4.69) is 15.6 Å². The number of benzene rings is 2. The molecule has 2 N–H and O–H groups in total. The Kier molecular flexibility index (Phi) is 4.81. The molecule has 0 saturated heterocycles. The molecule has 0 unspecified atom stereocenters. The summed E-state index contributed by atoms with van der Waals surface area (Å²) < 4.78 is 26.3. The third kappa shape index (κ3) is 3.94. The molecule has 1 heterocycles. The molecular weight excluding hydrogens is 332 g/mol. The van der Waals surface area contributed by atoms with E-state index >= 15 is 0 Å². The van der Waals surface area contributed by atoms with E-state index in [1.807, 2.05) is 35.7 Å². The molecule has 0 spiro atoms. The fraction of sp³-hybridized carbons (Fsp3) is 0.0588. The molecule has 0 bridgehead atoms. The second kappa shape index (κ2) is 7.18. The lowest BCUT2D eigenvalue weighted by Gasteiger charge is -2.07. The molecular formula is C17H13F2N3OS.